The Bertz CT molecular complexity index is 1390. The third-order valence-electron chi connectivity index (χ3n) is 5.57. The summed E-state index contributed by atoms with van der Waals surface area (Å²) in [5, 5.41) is 0. The normalized spacial score (nSPS) is 11.5. The van der Waals surface area contributed by atoms with Crippen molar-refractivity contribution in [1.29, 1.82) is 0 Å². The maximum absolute atomic E-state index is 12.4. The van der Waals surface area contributed by atoms with Crippen LogP contribution in [0.4, 0.5) is 0 Å². The number of carbonyl (C=O) groups is 1. The maximum atomic E-state index is 12.4. The minimum Gasteiger partial charge on any atom is -0.493 e. The molecule has 0 saturated heterocycles. The van der Waals surface area contributed by atoms with E-state index < -0.39 is 5.41 Å². The van der Waals surface area contributed by atoms with Crippen molar-refractivity contribution in [3.05, 3.63) is 64.7 Å². The number of H-pyrrole nitrogens is 2. The monoisotopic (exact) mass is 460 g/mol. The number of rotatable bonds is 8. The molecule has 2 aromatic heterocycles. The summed E-state index contributed by atoms with van der Waals surface area (Å²) < 4.78 is 11.1. The number of fused-ring (bicyclic) bond motifs is 1. The number of benzene rings is 2. The van der Waals surface area contributed by atoms with Gasteiger partial charge in [0.05, 0.1) is 30.5 Å². The molecule has 0 bridgehead atoms. The fraction of sp³-hybridized carbons (Fsp3) is 0.308. The van der Waals surface area contributed by atoms with Gasteiger partial charge in [-0.3, -0.25) is 9.59 Å². The van der Waals surface area contributed by atoms with Crippen LogP contribution in [-0.4, -0.2) is 39.1 Å². The second kappa shape index (κ2) is 9.51. The molecule has 0 amide bonds. The second-order valence-corrected chi connectivity index (χ2v) is 8.64. The average Bonchev–Trinajstić information content (AvgIpc) is 3.29. The molecule has 0 unspecified atom stereocenters. The van der Waals surface area contributed by atoms with E-state index in [2.05, 4.69) is 26.0 Å². The van der Waals surface area contributed by atoms with Gasteiger partial charge in [-0.1, -0.05) is 30.3 Å². The van der Waals surface area contributed by atoms with Gasteiger partial charge in [0.25, 0.3) is 5.56 Å². The fourth-order valence-electron chi connectivity index (χ4n) is 3.91. The van der Waals surface area contributed by atoms with E-state index in [1.807, 2.05) is 64.1 Å². The molecule has 176 valence electrons. The molecule has 0 atom stereocenters. The number of hydrogen-bond donors (Lipinski definition) is 2. The molecule has 8 nitrogen and oxygen atoms in total. The topological polar surface area (TPSA) is 110 Å². The van der Waals surface area contributed by atoms with Crippen LogP contribution in [0.1, 0.15) is 33.3 Å². The zero-order chi connectivity index (χ0) is 24.3. The molecule has 2 N–H and O–H groups in total. The maximum Gasteiger partial charge on any atom is 0.311 e. The number of imidazole rings is 1. The Balaban J connectivity index is 1.69. The van der Waals surface area contributed by atoms with Crippen LogP contribution in [0.25, 0.3) is 33.7 Å². The van der Waals surface area contributed by atoms with E-state index >= 15 is 0 Å². The highest BCUT2D eigenvalue weighted by molar-refractivity contribution is 5.78. The van der Waals surface area contributed by atoms with Crippen LogP contribution in [0.15, 0.2) is 53.6 Å². The quantitative estimate of drug-likeness (QED) is 0.374. The van der Waals surface area contributed by atoms with Gasteiger partial charge in [0, 0.05) is 0 Å². The van der Waals surface area contributed by atoms with E-state index in [1.54, 1.807) is 0 Å². The van der Waals surface area contributed by atoms with Gasteiger partial charge in [-0.05, 0) is 62.9 Å². The molecule has 2 aromatic carbocycles. The number of carbonyl (C=O) groups excluding carboxylic acids is 1. The van der Waals surface area contributed by atoms with Gasteiger partial charge in [-0.25, -0.2) is 9.97 Å². The number of esters is 1. The second-order valence-electron chi connectivity index (χ2n) is 8.64. The molecule has 0 radical (unpaired) electrons. The molecule has 4 aromatic rings. The summed E-state index contributed by atoms with van der Waals surface area (Å²) in [6, 6.07) is 13.8. The highest BCUT2D eigenvalue weighted by atomic mass is 16.5. The highest BCUT2D eigenvalue weighted by Crippen LogP contribution is 2.34. The van der Waals surface area contributed by atoms with Gasteiger partial charge in [0.2, 0.25) is 0 Å². The summed E-state index contributed by atoms with van der Waals surface area (Å²) in [7, 11) is 0. The Morgan fingerprint density at radius 2 is 1.85 bits per heavy atom. The Hall–Kier alpha value is -3.94. The van der Waals surface area contributed by atoms with Crippen molar-refractivity contribution in [2.45, 2.75) is 34.1 Å². The standard InChI is InChI=1S/C26H28N4O4/c1-5-33-20-13-18(10-11-19(20)22-29-23-21(24(31)30-22)27-15-28-23)17-9-7-8-16(12-17)14-26(3,4)25(32)34-6-2/h7-13,15H,5-6,14H2,1-4H3,(H2,27,28,29,30,31). The molecule has 4 rings (SSSR count). The lowest BCUT2D eigenvalue weighted by Crippen LogP contribution is -2.29. The number of nitrogens with zero attached hydrogens (tertiary/aromatic N) is 2. The van der Waals surface area contributed by atoms with Crippen LogP contribution in [0.3, 0.4) is 0 Å². The first-order chi connectivity index (χ1) is 16.3. The van der Waals surface area contributed by atoms with E-state index in [0.717, 1.165) is 16.7 Å². The average molecular weight is 461 g/mol. The van der Waals surface area contributed by atoms with Crippen LogP contribution in [-0.2, 0) is 16.0 Å². The van der Waals surface area contributed by atoms with Crippen LogP contribution >= 0.6 is 0 Å². The van der Waals surface area contributed by atoms with E-state index in [0.29, 0.717) is 47.9 Å². The van der Waals surface area contributed by atoms with Crippen molar-refractivity contribution in [3.63, 3.8) is 0 Å². The molecule has 0 aliphatic rings. The largest absolute Gasteiger partial charge is 0.493 e. The summed E-state index contributed by atoms with van der Waals surface area (Å²) in [6.07, 6.45) is 2.00. The van der Waals surface area contributed by atoms with Gasteiger partial charge in [-0.15, -0.1) is 0 Å². The van der Waals surface area contributed by atoms with Gasteiger partial charge < -0.3 is 19.4 Å². The van der Waals surface area contributed by atoms with Crippen LogP contribution < -0.4 is 10.3 Å². The van der Waals surface area contributed by atoms with Gasteiger partial charge in [0.15, 0.2) is 11.2 Å². The summed E-state index contributed by atoms with van der Waals surface area (Å²) in [5.74, 6) is 0.790. The van der Waals surface area contributed by atoms with Crippen LogP contribution in [0.2, 0.25) is 0 Å². The summed E-state index contributed by atoms with van der Waals surface area (Å²) >= 11 is 0. The third kappa shape index (κ3) is 4.71. The fourth-order valence-corrected chi connectivity index (χ4v) is 3.91. The highest BCUT2D eigenvalue weighted by Gasteiger charge is 2.29. The summed E-state index contributed by atoms with van der Waals surface area (Å²) in [4.78, 5) is 38.9. The zero-order valence-corrected chi connectivity index (χ0v) is 19.8. The Kier molecular flexibility index (Phi) is 6.49. The summed E-state index contributed by atoms with van der Waals surface area (Å²) in [5.41, 5.74) is 3.42. The lowest BCUT2D eigenvalue weighted by molar-refractivity contribution is -0.153. The number of aromatic nitrogens is 4. The molecule has 0 aliphatic carbocycles. The minimum atomic E-state index is -0.628. The van der Waals surface area contributed by atoms with Gasteiger partial charge in [0.1, 0.15) is 11.6 Å². The molecular formula is C26H28N4O4. The molecule has 0 spiro atoms. The van der Waals surface area contributed by atoms with Gasteiger partial charge in [-0.2, -0.15) is 0 Å². The lowest BCUT2D eigenvalue weighted by atomic mass is 9.85. The SMILES string of the molecule is CCOC(=O)C(C)(C)Cc1cccc(-c2ccc(-c3nc4nc[nH]c4c(=O)[nH]3)c(OCC)c2)c1. The first-order valence-electron chi connectivity index (χ1n) is 11.3. The molecule has 2 heterocycles. The minimum absolute atomic E-state index is 0.209. The predicted molar refractivity (Wildman–Crippen MR) is 131 cm³/mol. The molecule has 0 aliphatic heterocycles. The van der Waals surface area contributed by atoms with Crippen LogP contribution in [0.5, 0.6) is 5.75 Å². The van der Waals surface area contributed by atoms with Crippen molar-refractivity contribution in [2.75, 3.05) is 13.2 Å². The molecule has 0 fully saturated rings. The van der Waals surface area contributed by atoms with E-state index in [-0.39, 0.29) is 11.5 Å². The molecular weight excluding hydrogens is 432 g/mol. The molecule has 0 saturated carbocycles. The van der Waals surface area contributed by atoms with Crippen molar-refractivity contribution in [2.24, 2.45) is 5.41 Å². The van der Waals surface area contributed by atoms with Crippen molar-refractivity contribution in [3.8, 4) is 28.3 Å². The number of aromatic amines is 2. The smallest absolute Gasteiger partial charge is 0.311 e. The van der Waals surface area contributed by atoms with Crippen molar-refractivity contribution in [1.82, 2.24) is 19.9 Å². The van der Waals surface area contributed by atoms with E-state index in [4.69, 9.17) is 9.47 Å². The predicted octanol–water partition coefficient (Wildman–Crippen LogP) is 4.51. The first-order valence-corrected chi connectivity index (χ1v) is 11.3. The number of ether oxygens (including phenoxy) is 2. The summed E-state index contributed by atoms with van der Waals surface area (Å²) in [6.45, 7) is 8.32. The van der Waals surface area contributed by atoms with E-state index in [1.165, 1.54) is 6.33 Å². The third-order valence-corrected chi connectivity index (χ3v) is 5.57. The van der Waals surface area contributed by atoms with Crippen molar-refractivity contribution >= 4 is 17.1 Å². The zero-order valence-electron chi connectivity index (χ0n) is 19.8. The Morgan fingerprint density at radius 1 is 1.06 bits per heavy atom. The van der Waals surface area contributed by atoms with Crippen molar-refractivity contribution < 1.29 is 14.3 Å². The lowest BCUT2D eigenvalue weighted by Gasteiger charge is -2.22. The molecule has 8 heteroatoms. The Morgan fingerprint density at radius 3 is 2.62 bits per heavy atom. The molecule has 34 heavy (non-hydrogen) atoms. The Labute approximate surface area is 197 Å². The van der Waals surface area contributed by atoms with E-state index in [9.17, 15) is 9.59 Å². The number of hydrogen-bond acceptors (Lipinski definition) is 6. The number of nitrogens with one attached hydrogen (secondary N) is 2. The van der Waals surface area contributed by atoms with Crippen LogP contribution in [0, 0.1) is 5.41 Å². The first kappa shape index (κ1) is 23.2. The van der Waals surface area contributed by atoms with Gasteiger partial charge >= 0.3 is 5.97 Å².